The predicted octanol–water partition coefficient (Wildman–Crippen LogP) is 3.56. The number of aromatic hydroxyl groups is 1. The SMILES string of the molecule is Cc1nc2c(c(-c3ccc(O)cc3)n1)CN(Cc1cncs1)CCC2. The lowest BCUT2D eigenvalue weighted by molar-refractivity contribution is 0.263. The highest BCUT2D eigenvalue weighted by molar-refractivity contribution is 7.09. The minimum absolute atomic E-state index is 0.271. The van der Waals surface area contributed by atoms with Crippen LogP contribution in [0.2, 0.25) is 0 Å². The van der Waals surface area contributed by atoms with Crippen LogP contribution in [0.5, 0.6) is 5.75 Å². The summed E-state index contributed by atoms with van der Waals surface area (Å²) in [6.45, 7) is 4.74. The van der Waals surface area contributed by atoms with Crippen LogP contribution in [-0.4, -0.2) is 31.5 Å². The third-order valence-electron chi connectivity index (χ3n) is 4.48. The Morgan fingerprint density at radius 2 is 2.04 bits per heavy atom. The molecule has 1 N–H and O–H groups in total. The molecule has 3 heterocycles. The molecule has 0 amide bonds. The smallest absolute Gasteiger partial charge is 0.126 e. The number of aromatic nitrogens is 3. The summed E-state index contributed by atoms with van der Waals surface area (Å²) in [6, 6.07) is 7.28. The van der Waals surface area contributed by atoms with Gasteiger partial charge >= 0.3 is 0 Å². The largest absolute Gasteiger partial charge is 0.508 e. The Morgan fingerprint density at radius 3 is 2.80 bits per heavy atom. The van der Waals surface area contributed by atoms with E-state index in [2.05, 4.69) is 9.88 Å². The van der Waals surface area contributed by atoms with Crippen LogP contribution >= 0.6 is 11.3 Å². The van der Waals surface area contributed by atoms with Crippen molar-refractivity contribution in [2.24, 2.45) is 0 Å². The normalized spacial score (nSPS) is 14.9. The van der Waals surface area contributed by atoms with Crippen molar-refractivity contribution in [3.8, 4) is 17.0 Å². The maximum atomic E-state index is 9.58. The van der Waals surface area contributed by atoms with E-state index >= 15 is 0 Å². The number of rotatable bonds is 3. The molecule has 0 atom stereocenters. The molecule has 3 aromatic rings. The van der Waals surface area contributed by atoms with E-state index in [0.29, 0.717) is 0 Å². The molecule has 0 unspecified atom stereocenters. The van der Waals surface area contributed by atoms with Crippen LogP contribution in [0.25, 0.3) is 11.3 Å². The molecule has 1 aliphatic rings. The Kier molecular flexibility index (Phi) is 4.46. The van der Waals surface area contributed by atoms with Gasteiger partial charge in [0.2, 0.25) is 0 Å². The van der Waals surface area contributed by atoms with Crippen LogP contribution < -0.4 is 0 Å². The lowest BCUT2D eigenvalue weighted by Gasteiger charge is -2.20. The van der Waals surface area contributed by atoms with Crippen molar-refractivity contribution in [3.63, 3.8) is 0 Å². The Labute approximate surface area is 151 Å². The molecule has 0 spiro atoms. The van der Waals surface area contributed by atoms with E-state index < -0.39 is 0 Å². The van der Waals surface area contributed by atoms with Crippen LogP contribution in [0.15, 0.2) is 36.0 Å². The Bertz CT molecular complexity index is 862. The average Bonchev–Trinajstić information content (AvgIpc) is 3.02. The molecule has 1 aromatic carbocycles. The molecule has 0 fully saturated rings. The second kappa shape index (κ2) is 6.90. The summed E-state index contributed by atoms with van der Waals surface area (Å²) in [5, 5.41) is 9.58. The number of aryl methyl sites for hydroxylation is 2. The highest BCUT2D eigenvalue weighted by Gasteiger charge is 2.21. The van der Waals surface area contributed by atoms with Crippen molar-refractivity contribution in [2.75, 3.05) is 6.54 Å². The first-order valence-corrected chi connectivity index (χ1v) is 9.32. The van der Waals surface area contributed by atoms with Crippen molar-refractivity contribution in [1.82, 2.24) is 19.9 Å². The second-order valence-corrected chi connectivity index (χ2v) is 7.34. The number of hydrogen-bond acceptors (Lipinski definition) is 6. The van der Waals surface area contributed by atoms with Crippen molar-refractivity contribution in [2.45, 2.75) is 32.9 Å². The zero-order valence-electron chi connectivity index (χ0n) is 14.1. The molecular formula is C19H20N4OS. The molecule has 0 saturated carbocycles. The highest BCUT2D eigenvalue weighted by Crippen LogP contribution is 2.29. The van der Waals surface area contributed by atoms with Gasteiger partial charge in [-0.15, -0.1) is 11.3 Å². The van der Waals surface area contributed by atoms with Crippen molar-refractivity contribution < 1.29 is 5.11 Å². The monoisotopic (exact) mass is 352 g/mol. The maximum Gasteiger partial charge on any atom is 0.126 e. The fourth-order valence-corrected chi connectivity index (χ4v) is 3.97. The number of phenols is 1. The second-order valence-electron chi connectivity index (χ2n) is 6.37. The molecule has 0 saturated heterocycles. The summed E-state index contributed by atoms with van der Waals surface area (Å²) in [7, 11) is 0. The van der Waals surface area contributed by atoms with E-state index in [4.69, 9.17) is 9.97 Å². The number of hydrogen-bond donors (Lipinski definition) is 1. The van der Waals surface area contributed by atoms with E-state index in [9.17, 15) is 5.11 Å². The van der Waals surface area contributed by atoms with Crippen LogP contribution in [0, 0.1) is 6.92 Å². The Hall–Kier alpha value is -2.31. The first kappa shape index (κ1) is 16.2. The molecule has 6 heteroatoms. The molecule has 2 aromatic heterocycles. The molecule has 0 aliphatic carbocycles. The molecule has 5 nitrogen and oxygen atoms in total. The summed E-state index contributed by atoms with van der Waals surface area (Å²) >= 11 is 1.70. The number of benzene rings is 1. The van der Waals surface area contributed by atoms with Gasteiger partial charge in [0, 0.05) is 41.0 Å². The average molecular weight is 352 g/mol. The highest BCUT2D eigenvalue weighted by atomic mass is 32.1. The van der Waals surface area contributed by atoms with Crippen molar-refractivity contribution >= 4 is 11.3 Å². The zero-order valence-corrected chi connectivity index (χ0v) is 15.0. The molecular weight excluding hydrogens is 332 g/mol. The van der Waals surface area contributed by atoms with Gasteiger partial charge in [-0.2, -0.15) is 0 Å². The van der Waals surface area contributed by atoms with E-state index in [-0.39, 0.29) is 5.75 Å². The fraction of sp³-hybridized carbons (Fsp3) is 0.316. The van der Waals surface area contributed by atoms with Crippen LogP contribution in [0.1, 0.15) is 28.4 Å². The third-order valence-corrected chi connectivity index (χ3v) is 5.24. The van der Waals surface area contributed by atoms with Gasteiger partial charge in [-0.25, -0.2) is 9.97 Å². The Balaban J connectivity index is 1.72. The molecule has 1 aliphatic heterocycles. The van der Waals surface area contributed by atoms with Gasteiger partial charge in [0.15, 0.2) is 0 Å². The molecule has 0 radical (unpaired) electrons. The van der Waals surface area contributed by atoms with Gasteiger partial charge in [-0.3, -0.25) is 9.88 Å². The zero-order chi connectivity index (χ0) is 17.2. The molecule has 128 valence electrons. The number of fused-ring (bicyclic) bond motifs is 1. The third kappa shape index (κ3) is 3.55. The lowest BCUT2D eigenvalue weighted by Crippen LogP contribution is -2.22. The summed E-state index contributed by atoms with van der Waals surface area (Å²) in [6.07, 6.45) is 4.02. The maximum absolute atomic E-state index is 9.58. The lowest BCUT2D eigenvalue weighted by atomic mass is 10.0. The number of thiazole rings is 1. The van der Waals surface area contributed by atoms with Crippen LogP contribution in [-0.2, 0) is 19.5 Å². The summed E-state index contributed by atoms with van der Waals surface area (Å²) in [4.78, 5) is 17.4. The van der Waals surface area contributed by atoms with Gasteiger partial charge in [0.25, 0.3) is 0 Å². The van der Waals surface area contributed by atoms with Crippen LogP contribution in [0.3, 0.4) is 0 Å². The number of phenolic OH excluding ortho intramolecular Hbond substituents is 1. The van der Waals surface area contributed by atoms with Crippen molar-refractivity contribution in [1.29, 1.82) is 0 Å². The Morgan fingerprint density at radius 1 is 1.20 bits per heavy atom. The van der Waals surface area contributed by atoms with E-state index in [1.165, 1.54) is 10.4 Å². The van der Waals surface area contributed by atoms with E-state index in [1.54, 1.807) is 23.5 Å². The first-order chi connectivity index (χ1) is 12.2. The first-order valence-electron chi connectivity index (χ1n) is 8.44. The standard InChI is InChI=1S/C19H20N4OS/c1-13-21-18-3-2-8-23(10-16-9-20-12-25-16)11-17(18)19(22-13)14-4-6-15(24)7-5-14/h4-7,9,12,24H,2-3,8,10-11H2,1H3. The fourth-order valence-electron chi connectivity index (χ4n) is 3.33. The van der Waals surface area contributed by atoms with Gasteiger partial charge in [0.05, 0.1) is 11.2 Å². The van der Waals surface area contributed by atoms with Crippen LogP contribution in [0.4, 0.5) is 0 Å². The van der Waals surface area contributed by atoms with Gasteiger partial charge in [0.1, 0.15) is 11.6 Å². The summed E-state index contributed by atoms with van der Waals surface area (Å²) < 4.78 is 0. The predicted molar refractivity (Wildman–Crippen MR) is 98.4 cm³/mol. The van der Waals surface area contributed by atoms with Gasteiger partial charge < -0.3 is 5.11 Å². The van der Waals surface area contributed by atoms with Crippen molar-refractivity contribution in [3.05, 3.63) is 57.9 Å². The molecule has 25 heavy (non-hydrogen) atoms. The van der Waals surface area contributed by atoms with Gasteiger partial charge in [-0.1, -0.05) is 0 Å². The topological polar surface area (TPSA) is 62.1 Å². The van der Waals surface area contributed by atoms with E-state index in [1.807, 2.05) is 30.8 Å². The number of nitrogens with zero attached hydrogens (tertiary/aromatic N) is 4. The summed E-state index contributed by atoms with van der Waals surface area (Å²) in [5.74, 6) is 1.07. The van der Waals surface area contributed by atoms with Gasteiger partial charge in [-0.05, 0) is 50.6 Å². The summed E-state index contributed by atoms with van der Waals surface area (Å²) in [5.41, 5.74) is 6.26. The minimum Gasteiger partial charge on any atom is -0.508 e. The molecule has 0 bridgehead atoms. The van der Waals surface area contributed by atoms with E-state index in [0.717, 1.165) is 55.3 Å². The molecule has 4 rings (SSSR count). The minimum atomic E-state index is 0.271. The quantitative estimate of drug-likeness (QED) is 0.781.